The molecule has 14 heavy (non-hydrogen) atoms. The Balaban J connectivity index is 3.36. The number of nitrogens with one attached hydrogen (secondary N) is 1. The van der Waals surface area contributed by atoms with Gasteiger partial charge >= 0.3 is 6.18 Å². The maximum Gasteiger partial charge on any atom is 0.397 e. The molecule has 0 aliphatic carbocycles. The summed E-state index contributed by atoms with van der Waals surface area (Å²) in [4.78, 5) is 10.6. The fourth-order valence-electron chi connectivity index (χ4n) is 0.886. The molecule has 0 fully saturated rings. The van der Waals surface area contributed by atoms with Gasteiger partial charge in [-0.3, -0.25) is 4.79 Å². The zero-order chi connectivity index (χ0) is 11.0. The number of carbonyl (C=O) groups excluding carboxylic acids is 1. The van der Waals surface area contributed by atoms with Crippen LogP contribution in [0.3, 0.4) is 0 Å². The monoisotopic (exact) mass is 213 g/mol. The molecule has 0 aliphatic rings. The van der Waals surface area contributed by atoms with Gasteiger partial charge in [0.1, 0.15) is 6.42 Å². The van der Waals surface area contributed by atoms with Crippen molar-refractivity contribution in [3.8, 4) is 0 Å². The highest BCUT2D eigenvalue weighted by molar-refractivity contribution is 5.76. The van der Waals surface area contributed by atoms with Gasteiger partial charge in [0.05, 0.1) is 0 Å². The summed E-state index contributed by atoms with van der Waals surface area (Å²) in [5.74, 6) is -0.999. The molecular weight excluding hydrogens is 199 g/mol. The first-order valence-corrected chi connectivity index (χ1v) is 4.40. The molecule has 0 heterocycles. The van der Waals surface area contributed by atoms with Crippen LogP contribution in [0.2, 0.25) is 0 Å². The third-order valence-electron chi connectivity index (χ3n) is 1.52. The minimum Gasteiger partial charge on any atom is -0.396 e. The number of amides is 1. The lowest BCUT2D eigenvalue weighted by molar-refractivity contribution is -0.153. The molecule has 6 heteroatoms. The average molecular weight is 213 g/mol. The van der Waals surface area contributed by atoms with E-state index in [1.165, 1.54) is 0 Å². The largest absolute Gasteiger partial charge is 0.397 e. The lowest BCUT2D eigenvalue weighted by Crippen LogP contribution is -2.29. The van der Waals surface area contributed by atoms with Crippen molar-refractivity contribution >= 4 is 5.91 Å². The maximum atomic E-state index is 11.6. The molecule has 0 atom stereocenters. The van der Waals surface area contributed by atoms with Gasteiger partial charge in [0.25, 0.3) is 0 Å². The van der Waals surface area contributed by atoms with Gasteiger partial charge in [0.2, 0.25) is 5.91 Å². The topological polar surface area (TPSA) is 49.3 Å². The van der Waals surface area contributed by atoms with Crippen LogP contribution in [0.25, 0.3) is 0 Å². The van der Waals surface area contributed by atoms with Crippen LogP contribution in [-0.4, -0.2) is 30.3 Å². The molecule has 2 N–H and O–H groups in total. The number of aliphatic hydroxyl groups is 1. The second kappa shape index (κ2) is 6.64. The first-order valence-electron chi connectivity index (χ1n) is 4.40. The molecule has 0 aromatic carbocycles. The summed E-state index contributed by atoms with van der Waals surface area (Å²) < 4.78 is 34.9. The van der Waals surface area contributed by atoms with E-state index in [-0.39, 0.29) is 13.2 Å². The first kappa shape index (κ1) is 13.2. The molecule has 0 aliphatic heterocycles. The van der Waals surface area contributed by atoms with Crippen molar-refractivity contribution in [2.75, 3.05) is 13.2 Å². The number of hydrogen-bond acceptors (Lipinski definition) is 2. The molecule has 0 spiro atoms. The van der Waals surface area contributed by atoms with Gasteiger partial charge in [0, 0.05) is 13.2 Å². The van der Waals surface area contributed by atoms with E-state index in [1.807, 2.05) is 0 Å². The minimum absolute atomic E-state index is 0.0660. The van der Waals surface area contributed by atoms with E-state index in [0.717, 1.165) is 0 Å². The predicted molar refractivity (Wildman–Crippen MR) is 44.6 cm³/mol. The second-order valence-electron chi connectivity index (χ2n) is 2.93. The number of carbonyl (C=O) groups is 1. The van der Waals surface area contributed by atoms with Gasteiger partial charge in [-0.15, -0.1) is 0 Å². The number of alkyl halides is 3. The van der Waals surface area contributed by atoms with E-state index in [1.54, 1.807) is 0 Å². The van der Waals surface area contributed by atoms with Crippen LogP contribution in [0.15, 0.2) is 0 Å². The quantitative estimate of drug-likeness (QED) is 0.652. The highest BCUT2D eigenvalue weighted by atomic mass is 19.4. The summed E-state index contributed by atoms with van der Waals surface area (Å²) in [6.07, 6.45) is -3.97. The number of unbranched alkanes of at least 4 members (excludes halogenated alkanes) is 2. The van der Waals surface area contributed by atoms with Crippen LogP contribution < -0.4 is 5.32 Å². The Morgan fingerprint density at radius 1 is 1.21 bits per heavy atom. The van der Waals surface area contributed by atoms with Crippen LogP contribution in [0.1, 0.15) is 25.7 Å². The molecule has 0 rings (SSSR count). The molecule has 0 bridgehead atoms. The van der Waals surface area contributed by atoms with Gasteiger partial charge in [-0.2, -0.15) is 13.2 Å². The summed E-state index contributed by atoms with van der Waals surface area (Å²) in [7, 11) is 0. The van der Waals surface area contributed by atoms with E-state index in [2.05, 4.69) is 5.32 Å². The van der Waals surface area contributed by atoms with Gasteiger partial charge < -0.3 is 10.4 Å². The Bertz CT molecular complexity index is 170. The standard InChI is InChI=1S/C8H14F3NO2/c9-8(10,11)6-7(14)12-4-2-1-3-5-13/h13H,1-6H2,(H,12,14). The summed E-state index contributed by atoms with van der Waals surface area (Å²) >= 11 is 0. The molecule has 0 aromatic heterocycles. The molecule has 0 radical (unpaired) electrons. The molecule has 1 amide bonds. The van der Waals surface area contributed by atoms with Crippen LogP contribution in [0.4, 0.5) is 13.2 Å². The van der Waals surface area contributed by atoms with Crippen molar-refractivity contribution in [3.63, 3.8) is 0 Å². The van der Waals surface area contributed by atoms with Crippen molar-refractivity contribution in [2.45, 2.75) is 31.9 Å². The SMILES string of the molecule is O=C(CC(F)(F)F)NCCCCCO. The van der Waals surface area contributed by atoms with Gasteiger partial charge in [-0.25, -0.2) is 0 Å². The predicted octanol–water partition coefficient (Wildman–Crippen LogP) is 1.22. The van der Waals surface area contributed by atoms with E-state index in [4.69, 9.17) is 5.11 Å². The molecule has 0 aromatic rings. The minimum atomic E-state index is -4.44. The van der Waals surface area contributed by atoms with Crippen LogP contribution in [0, 0.1) is 0 Å². The Morgan fingerprint density at radius 3 is 2.36 bits per heavy atom. The average Bonchev–Trinajstić information content (AvgIpc) is 2.00. The van der Waals surface area contributed by atoms with Gasteiger partial charge in [-0.05, 0) is 19.3 Å². The van der Waals surface area contributed by atoms with Gasteiger partial charge in [-0.1, -0.05) is 0 Å². The first-order chi connectivity index (χ1) is 6.45. The zero-order valence-electron chi connectivity index (χ0n) is 7.73. The lowest BCUT2D eigenvalue weighted by atomic mass is 10.2. The Hall–Kier alpha value is -0.780. The maximum absolute atomic E-state index is 11.6. The highest BCUT2D eigenvalue weighted by Gasteiger charge is 2.30. The van der Waals surface area contributed by atoms with E-state index < -0.39 is 18.5 Å². The summed E-state index contributed by atoms with van der Waals surface area (Å²) in [6.45, 7) is 0.297. The number of halogens is 3. The van der Waals surface area contributed by atoms with Crippen molar-refractivity contribution in [1.29, 1.82) is 0 Å². The molecule has 0 unspecified atom stereocenters. The lowest BCUT2D eigenvalue weighted by Gasteiger charge is -2.07. The third kappa shape index (κ3) is 9.31. The van der Waals surface area contributed by atoms with Crippen LogP contribution in [0.5, 0.6) is 0 Å². The van der Waals surface area contributed by atoms with Gasteiger partial charge in [0.15, 0.2) is 0 Å². The van der Waals surface area contributed by atoms with Crippen molar-refractivity contribution in [2.24, 2.45) is 0 Å². The van der Waals surface area contributed by atoms with E-state index in [9.17, 15) is 18.0 Å². The van der Waals surface area contributed by atoms with Crippen LogP contribution in [-0.2, 0) is 4.79 Å². The third-order valence-corrected chi connectivity index (χ3v) is 1.52. The molecule has 3 nitrogen and oxygen atoms in total. The fraction of sp³-hybridized carbons (Fsp3) is 0.875. The van der Waals surface area contributed by atoms with Crippen molar-refractivity contribution < 1.29 is 23.1 Å². The van der Waals surface area contributed by atoms with E-state index in [0.29, 0.717) is 19.3 Å². The number of hydrogen-bond donors (Lipinski definition) is 2. The Kier molecular flexibility index (Phi) is 6.27. The summed E-state index contributed by atoms with van der Waals surface area (Å²) in [6, 6.07) is 0. The van der Waals surface area contributed by atoms with Crippen molar-refractivity contribution in [1.82, 2.24) is 5.32 Å². The molecule has 84 valence electrons. The molecular formula is C8H14F3NO2. The smallest absolute Gasteiger partial charge is 0.396 e. The van der Waals surface area contributed by atoms with Crippen LogP contribution >= 0.6 is 0 Å². The highest BCUT2D eigenvalue weighted by Crippen LogP contribution is 2.18. The Labute approximate surface area is 80.3 Å². The van der Waals surface area contributed by atoms with Crippen molar-refractivity contribution in [3.05, 3.63) is 0 Å². The number of rotatable bonds is 6. The zero-order valence-corrected chi connectivity index (χ0v) is 7.73. The Morgan fingerprint density at radius 2 is 1.86 bits per heavy atom. The fourth-order valence-corrected chi connectivity index (χ4v) is 0.886. The molecule has 0 saturated carbocycles. The number of aliphatic hydroxyl groups excluding tert-OH is 1. The van der Waals surface area contributed by atoms with E-state index >= 15 is 0 Å². The summed E-state index contributed by atoms with van der Waals surface area (Å²) in [5, 5.41) is 10.5. The second-order valence-corrected chi connectivity index (χ2v) is 2.93. The normalized spacial score (nSPS) is 11.4. The molecule has 0 saturated heterocycles. The summed E-state index contributed by atoms with van der Waals surface area (Å²) in [5.41, 5.74) is 0.